The predicted molar refractivity (Wildman–Crippen MR) is 116 cm³/mol. The average Bonchev–Trinajstić information content (AvgIpc) is 3.08. The normalized spacial score (nSPS) is 18.0. The van der Waals surface area contributed by atoms with Crippen LogP contribution in [0, 0.1) is 20.8 Å². The van der Waals surface area contributed by atoms with E-state index in [-0.39, 0.29) is 0 Å². The molecule has 4 rings (SSSR count). The standard InChI is InChI=1S/C23H28BF2N3/c1-8-18-14(4)22-20(21-13(3)11-10-12-27-21)23-15(5)19(9-2)17(7)29(23)24(25,26)28(22)16(18)6/h10-12H,8-9H2,1-7H3. The molecule has 2 aliphatic rings. The van der Waals surface area contributed by atoms with E-state index in [1.54, 1.807) is 6.20 Å². The molecule has 0 N–H and O–H groups in total. The number of hydrogen-bond donors (Lipinski definition) is 0. The highest BCUT2D eigenvalue weighted by atomic mass is 19.2. The molecule has 0 aliphatic carbocycles. The monoisotopic (exact) mass is 395 g/mol. The number of halogens is 2. The molecule has 6 heteroatoms. The molecule has 0 fully saturated rings. The molecule has 3 nitrogen and oxygen atoms in total. The highest BCUT2D eigenvalue weighted by Crippen LogP contribution is 2.47. The zero-order valence-corrected chi connectivity index (χ0v) is 18.3. The third kappa shape index (κ3) is 2.41. The molecule has 4 heterocycles. The van der Waals surface area contributed by atoms with Crippen molar-refractivity contribution in [1.82, 2.24) is 9.46 Å². The summed E-state index contributed by atoms with van der Waals surface area (Å²) in [5.74, 6) is 0. The van der Waals surface area contributed by atoms with E-state index in [1.807, 2.05) is 60.6 Å². The van der Waals surface area contributed by atoms with E-state index in [0.29, 0.717) is 22.8 Å². The molecule has 2 aliphatic heterocycles. The lowest BCUT2D eigenvalue weighted by Gasteiger charge is -2.34. The van der Waals surface area contributed by atoms with Gasteiger partial charge >= 0.3 is 6.97 Å². The molecule has 0 amide bonds. The number of aryl methyl sites for hydroxylation is 1. The van der Waals surface area contributed by atoms with E-state index in [1.165, 1.54) is 8.96 Å². The number of fused-ring (bicyclic) bond motifs is 2. The fourth-order valence-corrected chi connectivity index (χ4v) is 5.45. The lowest BCUT2D eigenvalue weighted by molar-refractivity contribution is -0.363. The molecular weight excluding hydrogens is 367 g/mol. The van der Waals surface area contributed by atoms with Crippen LogP contribution in [0.2, 0.25) is 0 Å². The molecule has 0 atom stereocenters. The topological polar surface area (TPSA) is 20.8 Å². The van der Waals surface area contributed by atoms with Gasteiger partial charge in [-0.15, -0.1) is 0 Å². The van der Waals surface area contributed by atoms with E-state index >= 15 is 8.63 Å². The quantitative estimate of drug-likeness (QED) is 0.622. The van der Waals surface area contributed by atoms with E-state index < -0.39 is 6.97 Å². The Kier molecular flexibility index (Phi) is 4.45. The Bertz CT molecular complexity index is 1150. The third-order valence-electron chi connectivity index (χ3n) is 6.74. The summed E-state index contributed by atoms with van der Waals surface area (Å²) in [6, 6.07) is 3.89. The maximum absolute atomic E-state index is 16.1. The number of pyridine rings is 1. The largest absolute Gasteiger partial charge is 0.737 e. The van der Waals surface area contributed by atoms with E-state index in [9.17, 15) is 0 Å². The minimum Gasteiger partial charge on any atom is -0.393 e. The zero-order valence-electron chi connectivity index (χ0n) is 18.3. The van der Waals surface area contributed by atoms with Gasteiger partial charge in [0.05, 0.1) is 11.3 Å². The molecular formula is C23H28BF2N3. The Labute approximate surface area is 171 Å². The zero-order chi connectivity index (χ0) is 21.2. The minimum atomic E-state index is -3.98. The fraction of sp³-hybridized carbons (Fsp3) is 0.391. The second kappa shape index (κ2) is 6.51. The smallest absolute Gasteiger partial charge is 0.393 e. The van der Waals surface area contributed by atoms with Gasteiger partial charge in [0.15, 0.2) is 5.70 Å². The highest BCUT2D eigenvalue weighted by molar-refractivity contribution is 6.58. The number of allylic oxidation sites excluding steroid dienone is 2. The Morgan fingerprint density at radius 3 is 2.34 bits per heavy atom. The van der Waals surface area contributed by atoms with Crippen LogP contribution in [0.4, 0.5) is 8.63 Å². The van der Waals surface area contributed by atoms with Crippen LogP contribution in [-0.4, -0.2) is 26.6 Å². The van der Waals surface area contributed by atoms with Crippen molar-refractivity contribution < 1.29 is 13.1 Å². The van der Waals surface area contributed by atoms with Crippen molar-refractivity contribution in [3.63, 3.8) is 0 Å². The highest BCUT2D eigenvalue weighted by Gasteiger charge is 2.57. The van der Waals surface area contributed by atoms with Crippen LogP contribution in [0.1, 0.15) is 67.9 Å². The van der Waals surface area contributed by atoms with E-state index in [0.717, 1.165) is 51.9 Å². The summed E-state index contributed by atoms with van der Waals surface area (Å²) in [5, 5.41) is 0. The second-order valence-corrected chi connectivity index (χ2v) is 8.15. The van der Waals surface area contributed by atoms with Gasteiger partial charge in [-0.05, 0) is 69.0 Å². The van der Waals surface area contributed by atoms with Crippen LogP contribution in [0.5, 0.6) is 0 Å². The van der Waals surface area contributed by atoms with E-state index in [2.05, 4.69) is 4.98 Å². The first-order chi connectivity index (χ1) is 13.7. The van der Waals surface area contributed by atoms with Crippen molar-refractivity contribution in [2.75, 3.05) is 0 Å². The van der Waals surface area contributed by atoms with Crippen LogP contribution in [0.25, 0.3) is 5.57 Å². The van der Waals surface area contributed by atoms with Crippen LogP contribution < -0.4 is 0 Å². The predicted octanol–water partition coefficient (Wildman–Crippen LogP) is 5.58. The van der Waals surface area contributed by atoms with Crippen LogP contribution in [0.15, 0.2) is 35.2 Å². The summed E-state index contributed by atoms with van der Waals surface area (Å²) >= 11 is 0. The molecule has 0 saturated carbocycles. The number of aromatic nitrogens is 2. The molecule has 0 saturated heterocycles. The van der Waals surface area contributed by atoms with Crippen molar-refractivity contribution >= 4 is 18.3 Å². The summed E-state index contributed by atoms with van der Waals surface area (Å²) in [6.07, 6.45) is 3.20. The van der Waals surface area contributed by atoms with Gasteiger partial charge in [-0.1, -0.05) is 19.9 Å². The molecule has 0 aromatic carbocycles. The van der Waals surface area contributed by atoms with Gasteiger partial charge in [0.25, 0.3) is 0 Å². The maximum atomic E-state index is 16.1. The molecule has 0 bridgehead atoms. The number of hydrogen-bond acceptors (Lipinski definition) is 1. The lowest BCUT2D eigenvalue weighted by atomic mass is 9.84. The van der Waals surface area contributed by atoms with Gasteiger partial charge in [0.1, 0.15) is 5.71 Å². The van der Waals surface area contributed by atoms with Gasteiger partial charge in [-0.2, -0.15) is 0 Å². The Hall–Kier alpha value is -2.50. The van der Waals surface area contributed by atoms with Crippen molar-refractivity contribution in [2.24, 2.45) is 0 Å². The number of nitrogens with zero attached hydrogens (tertiary/aromatic N) is 3. The Morgan fingerprint density at radius 2 is 1.76 bits per heavy atom. The van der Waals surface area contributed by atoms with Crippen molar-refractivity contribution in [3.8, 4) is 0 Å². The Balaban J connectivity index is 2.26. The summed E-state index contributed by atoms with van der Waals surface area (Å²) in [4.78, 5) is 4.66. The van der Waals surface area contributed by atoms with Crippen LogP contribution in [0.3, 0.4) is 0 Å². The van der Waals surface area contributed by atoms with Crippen molar-refractivity contribution in [1.29, 1.82) is 0 Å². The van der Waals surface area contributed by atoms with Gasteiger partial charge < -0.3 is 17.6 Å². The number of rotatable bonds is 3. The van der Waals surface area contributed by atoms with Crippen LogP contribution in [-0.2, 0) is 6.42 Å². The summed E-state index contributed by atoms with van der Waals surface area (Å²) in [5.41, 5.74) is 9.06. The Morgan fingerprint density at radius 1 is 1.07 bits per heavy atom. The second-order valence-electron chi connectivity index (χ2n) is 8.15. The van der Waals surface area contributed by atoms with Gasteiger partial charge in [0, 0.05) is 30.0 Å². The summed E-state index contributed by atoms with van der Waals surface area (Å²) in [7, 11) is 0. The minimum absolute atomic E-state index is 0.627. The lowest BCUT2D eigenvalue weighted by Crippen LogP contribution is -2.51. The fourth-order valence-electron chi connectivity index (χ4n) is 5.45. The first-order valence-corrected chi connectivity index (χ1v) is 10.4. The van der Waals surface area contributed by atoms with Crippen LogP contribution >= 0.6 is 0 Å². The molecule has 152 valence electrons. The first kappa shape index (κ1) is 19.8. The van der Waals surface area contributed by atoms with E-state index in [4.69, 9.17) is 0 Å². The third-order valence-corrected chi connectivity index (χ3v) is 6.74. The molecule has 0 radical (unpaired) electrons. The average molecular weight is 395 g/mol. The van der Waals surface area contributed by atoms with Crippen molar-refractivity contribution in [3.05, 3.63) is 68.9 Å². The van der Waals surface area contributed by atoms with Gasteiger partial charge in [-0.3, -0.25) is 4.98 Å². The molecule has 0 spiro atoms. The molecule has 29 heavy (non-hydrogen) atoms. The maximum Gasteiger partial charge on any atom is 0.737 e. The van der Waals surface area contributed by atoms with Gasteiger partial charge in [0.2, 0.25) is 0 Å². The van der Waals surface area contributed by atoms with Crippen molar-refractivity contribution in [2.45, 2.75) is 61.3 Å². The molecule has 2 aromatic heterocycles. The van der Waals surface area contributed by atoms with Gasteiger partial charge in [-0.25, -0.2) is 0 Å². The molecule has 0 unspecified atom stereocenters. The molecule has 2 aromatic rings. The summed E-state index contributed by atoms with van der Waals surface area (Å²) in [6.45, 7) is 9.68. The summed E-state index contributed by atoms with van der Waals surface area (Å²) < 4.78 is 34.8. The SMILES string of the molecule is CCC1=C(C)C2=C(c3ncccc3C)c3c(C)c(CC)c(C)n3[B-](F)(F)[N+]2=C1C. The first-order valence-electron chi connectivity index (χ1n) is 10.4.